The summed E-state index contributed by atoms with van der Waals surface area (Å²) in [5, 5.41) is 5.44. The van der Waals surface area contributed by atoms with Crippen LogP contribution in [0, 0.1) is 6.92 Å². The maximum Gasteiger partial charge on any atom is 0.253 e. The Morgan fingerprint density at radius 3 is 2.67 bits per heavy atom. The number of benzene rings is 2. The van der Waals surface area contributed by atoms with Gasteiger partial charge in [-0.15, -0.1) is 6.58 Å². The fourth-order valence-corrected chi connectivity index (χ4v) is 2.17. The van der Waals surface area contributed by atoms with Gasteiger partial charge in [-0.3, -0.25) is 9.59 Å². The number of para-hydroxylation sites is 1. The van der Waals surface area contributed by atoms with Gasteiger partial charge in [0.05, 0.1) is 11.3 Å². The molecule has 0 radical (unpaired) electrons. The van der Waals surface area contributed by atoms with Crippen LogP contribution >= 0.6 is 0 Å². The third kappa shape index (κ3) is 4.95. The molecule has 0 fully saturated rings. The average Bonchev–Trinajstić information content (AvgIpc) is 2.58. The minimum absolute atomic E-state index is 0.256. The first-order chi connectivity index (χ1) is 11.6. The van der Waals surface area contributed by atoms with E-state index < -0.39 is 0 Å². The molecule has 2 rings (SSSR count). The Labute approximate surface area is 141 Å². The number of nitrogens with one attached hydrogen (secondary N) is 2. The van der Waals surface area contributed by atoms with Crippen LogP contribution < -0.4 is 10.6 Å². The number of amides is 2. The van der Waals surface area contributed by atoms with Gasteiger partial charge in [-0.05, 0) is 30.7 Å². The molecule has 4 nitrogen and oxygen atoms in total. The molecule has 2 aromatic rings. The van der Waals surface area contributed by atoms with Gasteiger partial charge in [0.1, 0.15) is 0 Å². The van der Waals surface area contributed by atoms with Crippen LogP contribution in [0.25, 0.3) is 6.08 Å². The van der Waals surface area contributed by atoms with Crippen molar-refractivity contribution in [3.63, 3.8) is 0 Å². The van der Waals surface area contributed by atoms with Gasteiger partial charge in [0.2, 0.25) is 5.91 Å². The summed E-state index contributed by atoms with van der Waals surface area (Å²) in [5.74, 6) is -0.547. The second-order valence-electron chi connectivity index (χ2n) is 5.28. The molecule has 0 heterocycles. The summed E-state index contributed by atoms with van der Waals surface area (Å²) < 4.78 is 0. The monoisotopic (exact) mass is 320 g/mol. The van der Waals surface area contributed by atoms with Gasteiger partial charge in [-0.1, -0.05) is 48.0 Å². The normalized spacial score (nSPS) is 10.4. The van der Waals surface area contributed by atoms with E-state index in [-0.39, 0.29) is 11.8 Å². The van der Waals surface area contributed by atoms with E-state index in [2.05, 4.69) is 17.2 Å². The Morgan fingerprint density at radius 2 is 1.92 bits per heavy atom. The average molecular weight is 320 g/mol. The predicted molar refractivity (Wildman–Crippen MR) is 97.8 cm³/mol. The summed E-state index contributed by atoms with van der Waals surface area (Å²) >= 11 is 0. The summed E-state index contributed by atoms with van der Waals surface area (Å²) in [6.45, 7) is 5.93. The van der Waals surface area contributed by atoms with E-state index in [0.29, 0.717) is 17.8 Å². The molecule has 0 unspecified atom stereocenters. The fraction of sp³-hybridized carbons (Fsp3) is 0.100. The van der Waals surface area contributed by atoms with Crippen LogP contribution in [0.2, 0.25) is 0 Å². The number of hydrogen-bond donors (Lipinski definition) is 2. The van der Waals surface area contributed by atoms with E-state index >= 15 is 0 Å². The molecule has 4 heteroatoms. The number of carbonyl (C=O) groups is 2. The Hall–Kier alpha value is -3.14. The molecule has 122 valence electrons. The zero-order valence-corrected chi connectivity index (χ0v) is 13.6. The largest absolute Gasteiger partial charge is 0.349 e. The van der Waals surface area contributed by atoms with Crippen LogP contribution in [0.5, 0.6) is 0 Å². The van der Waals surface area contributed by atoms with Crippen molar-refractivity contribution < 1.29 is 9.59 Å². The van der Waals surface area contributed by atoms with Crippen molar-refractivity contribution in [2.45, 2.75) is 6.92 Å². The van der Waals surface area contributed by atoms with Crippen LogP contribution in [0.1, 0.15) is 21.5 Å². The molecule has 0 aliphatic carbocycles. The molecule has 24 heavy (non-hydrogen) atoms. The minimum Gasteiger partial charge on any atom is -0.349 e. The van der Waals surface area contributed by atoms with Gasteiger partial charge in [-0.25, -0.2) is 0 Å². The number of aryl methyl sites for hydroxylation is 1. The van der Waals surface area contributed by atoms with Gasteiger partial charge in [0.25, 0.3) is 5.91 Å². The lowest BCUT2D eigenvalue weighted by molar-refractivity contribution is -0.111. The van der Waals surface area contributed by atoms with Crippen molar-refractivity contribution in [2.24, 2.45) is 0 Å². The van der Waals surface area contributed by atoms with Crippen molar-refractivity contribution in [3.05, 3.63) is 84.0 Å². The third-order valence-corrected chi connectivity index (χ3v) is 3.31. The Balaban J connectivity index is 2.09. The van der Waals surface area contributed by atoms with Crippen molar-refractivity contribution in [1.82, 2.24) is 5.32 Å². The zero-order valence-electron chi connectivity index (χ0n) is 13.6. The van der Waals surface area contributed by atoms with Crippen LogP contribution in [0.15, 0.2) is 67.3 Å². The molecule has 0 spiro atoms. The Kier molecular flexibility index (Phi) is 6.08. The molecular formula is C20H20N2O2. The summed E-state index contributed by atoms with van der Waals surface area (Å²) in [5.41, 5.74) is 2.96. The molecule has 0 aromatic heterocycles. The summed E-state index contributed by atoms with van der Waals surface area (Å²) in [6.07, 6.45) is 4.79. The molecular weight excluding hydrogens is 300 g/mol. The molecule has 0 aliphatic rings. The van der Waals surface area contributed by atoms with E-state index in [4.69, 9.17) is 0 Å². The molecule has 2 amide bonds. The number of rotatable bonds is 6. The fourth-order valence-electron chi connectivity index (χ4n) is 2.17. The highest BCUT2D eigenvalue weighted by molar-refractivity contribution is 6.07. The minimum atomic E-state index is -0.291. The molecule has 2 aromatic carbocycles. The first-order valence-corrected chi connectivity index (χ1v) is 7.64. The predicted octanol–water partition coefficient (Wildman–Crippen LogP) is 3.56. The lowest BCUT2D eigenvalue weighted by Gasteiger charge is -2.09. The smallest absolute Gasteiger partial charge is 0.253 e. The van der Waals surface area contributed by atoms with E-state index in [1.165, 1.54) is 6.08 Å². The maximum atomic E-state index is 12.1. The van der Waals surface area contributed by atoms with Crippen LogP contribution in [0.4, 0.5) is 5.69 Å². The Morgan fingerprint density at radius 1 is 1.12 bits per heavy atom. The molecule has 0 saturated heterocycles. The molecule has 0 saturated carbocycles. The van der Waals surface area contributed by atoms with E-state index in [1.807, 2.05) is 31.2 Å². The second kappa shape index (κ2) is 8.48. The lowest BCUT2D eigenvalue weighted by Crippen LogP contribution is -2.24. The first-order valence-electron chi connectivity index (χ1n) is 7.64. The highest BCUT2D eigenvalue weighted by atomic mass is 16.2. The number of carbonyl (C=O) groups excluding carboxylic acids is 2. The standard InChI is InChI=1S/C20H20N2O2/c1-3-13-21-20(24)17-9-4-5-10-18(17)22-19(23)12-11-16-8-6-7-15(2)14-16/h3-12,14H,1,13H2,2H3,(H,21,24)(H,22,23)/b12-11+. The Bertz CT molecular complexity index is 779. The van der Waals surface area contributed by atoms with Crippen molar-refractivity contribution in [2.75, 3.05) is 11.9 Å². The number of hydrogen-bond acceptors (Lipinski definition) is 2. The van der Waals surface area contributed by atoms with Crippen LogP contribution in [-0.2, 0) is 4.79 Å². The van der Waals surface area contributed by atoms with E-state index in [0.717, 1.165) is 11.1 Å². The van der Waals surface area contributed by atoms with Crippen molar-refractivity contribution in [1.29, 1.82) is 0 Å². The summed E-state index contributed by atoms with van der Waals surface area (Å²) in [7, 11) is 0. The van der Waals surface area contributed by atoms with Gasteiger partial charge in [0.15, 0.2) is 0 Å². The van der Waals surface area contributed by atoms with Gasteiger partial charge in [-0.2, -0.15) is 0 Å². The van der Waals surface area contributed by atoms with Crippen molar-refractivity contribution in [3.8, 4) is 0 Å². The quantitative estimate of drug-likeness (QED) is 0.631. The topological polar surface area (TPSA) is 58.2 Å². The zero-order chi connectivity index (χ0) is 17.4. The highest BCUT2D eigenvalue weighted by Crippen LogP contribution is 2.15. The van der Waals surface area contributed by atoms with Gasteiger partial charge < -0.3 is 10.6 Å². The molecule has 2 N–H and O–H groups in total. The second-order valence-corrected chi connectivity index (χ2v) is 5.28. The van der Waals surface area contributed by atoms with Gasteiger partial charge >= 0.3 is 0 Å². The summed E-state index contributed by atoms with van der Waals surface area (Å²) in [6, 6.07) is 14.7. The lowest BCUT2D eigenvalue weighted by atomic mass is 10.1. The third-order valence-electron chi connectivity index (χ3n) is 3.31. The van der Waals surface area contributed by atoms with Crippen molar-refractivity contribution >= 4 is 23.6 Å². The molecule has 0 atom stereocenters. The first kappa shape index (κ1) is 17.2. The van der Waals surface area contributed by atoms with Gasteiger partial charge in [0, 0.05) is 12.6 Å². The van der Waals surface area contributed by atoms with E-state index in [1.54, 1.807) is 36.4 Å². The van der Waals surface area contributed by atoms with Crippen LogP contribution in [-0.4, -0.2) is 18.4 Å². The molecule has 0 bridgehead atoms. The maximum absolute atomic E-state index is 12.1. The highest BCUT2D eigenvalue weighted by Gasteiger charge is 2.11. The summed E-state index contributed by atoms with van der Waals surface area (Å²) in [4.78, 5) is 24.2. The molecule has 0 aliphatic heterocycles. The number of anilines is 1. The van der Waals surface area contributed by atoms with Crippen LogP contribution in [0.3, 0.4) is 0 Å². The van der Waals surface area contributed by atoms with E-state index in [9.17, 15) is 9.59 Å². The SMILES string of the molecule is C=CCNC(=O)c1ccccc1NC(=O)/C=C/c1cccc(C)c1.